The highest BCUT2D eigenvalue weighted by molar-refractivity contribution is 9.10. The highest BCUT2D eigenvalue weighted by Gasteiger charge is 1.99. The Morgan fingerprint density at radius 1 is 1.00 bits per heavy atom. The summed E-state index contributed by atoms with van der Waals surface area (Å²) >= 11 is 1.41. The van der Waals surface area contributed by atoms with Gasteiger partial charge in [-0.3, -0.25) is 4.21 Å². The Labute approximate surface area is 117 Å². The van der Waals surface area contributed by atoms with Gasteiger partial charge in [0, 0.05) is 10.2 Å². The maximum absolute atomic E-state index is 10.7. The number of halogens is 1. The molecule has 0 aliphatic heterocycles. The molecule has 2 nitrogen and oxygen atoms in total. The van der Waals surface area contributed by atoms with Crippen molar-refractivity contribution in [2.24, 2.45) is 0 Å². The molecule has 0 spiro atoms. The molecule has 18 heavy (non-hydrogen) atoms. The molecule has 0 saturated heterocycles. The molecule has 2 rings (SSSR count). The van der Waals surface area contributed by atoms with Crippen LogP contribution in [0, 0.1) is 0 Å². The number of hydrogen-bond acceptors (Lipinski definition) is 2. The summed E-state index contributed by atoms with van der Waals surface area (Å²) in [5, 5.41) is 0. The van der Waals surface area contributed by atoms with Gasteiger partial charge in [0.25, 0.3) is 0 Å². The standard InChI is InChI=1S/C14H13BrO2S/c15-14-6-2-4-12(9-14)7-11-3-1-5-13(8-11)10-18(16)17/h1-6,8-9H,7,10H2,(H,16,17)/p-1. The molecule has 0 saturated carbocycles. The fraction of sp³-hybridized carbons (Fsp3) is 0.143. The summed E-state index contributed by atoms with van der Waals surface area (Å²) in [7, 11) is 0. The average Bonchev–Trinajstić information content (AvgIpc) is 2.28. The van der Waals surface area contributed by atoms with Gasteiger partial charge < -0.3 is 4.55 Å². The van der Waals surface area contributed by atoms with Gasteiger partial charge in [-0.25, -0.2) is 0 Å². The second-order valence-corrected chi connectivity index (χ2v) is 5.89. The van der Waals surface area contributed by atoms with Crippen LogP contribution in [0.4, 0.5) is 0 Å². The quantitative estimate of drug-likeness (QED) is 0.809. The van der Waals surface area contributed by atoms with Gasteiger partial charge in [0.1, 0.15) is 0 Å². The Morgan fingerprint density at radius 3 is 2.28 bits per heavy atom. The maximum Gasteiger partial charge on any atom is 0.0353 e. The van der Waals surface area contributed by atoms with E-state index in [1.807, 2.05) is 36.4 Å². The summed E-state index contributed by atoms with van der Waals surface area (Å²) in [4.78, 5) is 0. The lowest BCUT2D eigenvalue weighted by Gasteiger charge is -2.08. The van der Waals surface area contributed by atoms with Gasteiger partial charge in [-0.1, -0.05) is 63.4 Å². The third kappa shape index (κ3) is 4.05. The molecule has 1 unspecified atom stereocenters. The predicted molar refractivity (Wildman–Crippen MR) is 76.0 cm³/mol. The number of benzene rings is 2. The molecule has 0 bridgehead atoms. The van der Waals surface area contributed by atoms with Gasteiger partial charge in [0.2, 0.25) is 0 Å². The monoisotopic (exact) mass is 323 g/mol. The Morgan fingerprint density at radius 2 is 1.61 bits per heavy atom. The lowest BCUT2D eigenvalue weighted by atomic mass is 10.0. The lowest BCUT2D eigenvalue weighted by Crippen LogP contribution is -1.95. The molecule has 0 aromatic heterocycles. The van der Waals surface area contributed by atoms with Crippen LogP contribution >= 0.6 is 15.9 Å². The van der Waals surface area contributed by atoms with Crippen LogP contribution in [0.5, 0.6) is 0 Å². The lowest BCUT2D eigenvalue weighted by molar-refractivity contribution is 0.536. The second-order valence-electron chi connectivity index (χ2n) is 4.07. The van der Waals surface area contributed by atoms with Crippen LogP contribution in [0.1, 0.15) is 16.7 Å². The van der Waals surface area contributed by atoms with E-state index in [0.29, 0.717) is 0 Å². The molecule has 0 aliphatic carbocycles. The third-order valence-corrected chi connectivity index (χ3v) is 3.64. The topological polar surface area (TPSA) is 40.1 Å². The second kappa shape index (κ2) is 6.27. The first kappa shape index (κ1) is 13.5. The van der Waals surface area contributed by atoms with E-state index in [2.05, 4.69) is 28.1 Å². The molecule has 0 fully saturated rings. The molecule has 0 N–H and O–H groups in total. The molecule has 0 amide bonds. The van der Waals surface area contributed by atoms with E-state index in [0.717, 1.165) is 22.0 Å². The Kier molecular flexibility index (Phi) is 4.69. The molecule has 2 aromatic carbocycles. The van der Waals surface area contributed by atoms with Crippen molar-refractivity contribution in [1.82, 2.24) is 0 Å². The van der Waals surface area contributed by atoms with Gasteiger partial charge in [-0.15, -0.1) is 0 Å². The predicted octanol–water partition coefficient (Wildman–Crippen LogP) is 3.42. The van der Waals surface area contributed by atoms with Crippen molar-refractivity contribution in [3.63, 3.8) is 0 Å². The van der Waals surface area contributed by atoms with Crippen LogP contribution in [-0.2, 0) is 23.3 Å². The Bertz CT molecular complexity index is 569. The van der Waals surface area contributed by atoms with Crippen molar-refractivity contribution in [1.29, 1.82) is 0 Å². The fourth-order valence-electron chi connectivity index (χ4n) is 1.85. The zero-order valence-electron chi connectivity index (χ0n) is 9.64. The minimum atomic E-state index is -2.03. The molecule has 94 valence electrons. The van der Waals surface area contributed by atoms with Crippen LogP contribution < -0.4 is 0 Å². The van der Waals surface area contributed by atoms with E-state index in [9.17, 15) is 8.76 Å². The molecular formula is C14H12BrO2S-. The van der Waals surface area contributed by atoms with Gasteiger partial charge in [-0.05, 0) is 35.2 Å². The van der Waals surface area contributed by atoms with E-state index in [1.165, 1.54) is 5.56 Å². The van der Waals surface area contributed by atoms with Gasteiger partial charge in [-0.2, -0.15) is 0 Å². The Hall–Kier alpha value is -0.970. The summed E-state index contributed by atoms with van der Waals surface area (Å²) in [6, 6.07) is 15.8. The first-order valence-electron chi connectivity index (χ1n) is 5.51. The van der Waals surface area contributed by atoms with Crippen LogP contribution in [0.25, 0.3) is 0 Å². The first-order chi connectivity index (χ1) is 8.63. The zero-order valence-corrected chi connectivity index (χ0v) is 12.0. The Balaban J connectivity index is 2.16. The SMILES string of the molecule is O=S([O-])Cc1cccc(Cc2cccc(Br)c2)c1. The molecule has 1 atom stereocenters. The molecule has 2 aromatic rings. The smallest absolute Gasteiger partial charge is 0.0353 e. The molecule has 0 aliphatic rings. The van der Waals surface area contributed by atoms with Crippen LogP contribution in [0.15, 0.2) is 53.0 Å². The van der Waals surface area contributed by atoms with Crippen molar-refractivity contribution >= 4 is 27.0 Å². The number of rotatable bonds is 4. The van der Waals surface area contributed by atoms with Crippen LogP contribution in [-0.4, -0.2) is 8.76 Å². The zero-order chi connectivity index (χ0) is 13.0. The van der Waals surface area contributed by atoms with Crippen LogP contribution in [0.2, 0.25) is 0 Å². The summed E-state index contributed by atoms with van der Waals surface area (Å²) in [6.07, 6.45) is 0.804. The first-order valence-corrected chi connectivity index (χ1v) is 7.55. The van der Waals surface area contributed by atoms with E-state index >= 15 is 0 Å². The molecule has 0 radical (unpaired) electrons. The van der Waals surface area contributed by atoms with E-state index in [1.54, 1.807) is 0 Å². The summed E-state index contributed by atoms with van der Waals surface area (Å²) in [6.45, 7) is 0. The van der Waals surface area contributed by atoms with Gasteiger partial charge in [0.05, 0.1) is 0 Å². The summed E-state index contributed by atoms with van der Waals surface area (Å²) in [5.74, 6) is 0.0757. The normalized spacial score (nSPS) is 12.3. The maximum atomic E-state index is 10.7. The minimum Gasteiger partial charge on any atom is -0.772 e. The van der Waals surface area contributed by atoms with Crippen LogP contribution in [0.3, 0.4) is 0 Å². The van der Waals surface area contributed by atoms with E-state index < -0.39 is 11.1 Å². The van der Waals surface area contributed by atoms with Gasteiger partial charge >= 0.3 is 0 Å². The largest absolute Gasteiger partial charge is 0.772 e. The van der Waals surface area contributed by atoms with Crippen molar-refractivity contribution in [2.75, 3.05) is 0 Å². The third-order valence-electron chi connectivity index (χ3n) is 2.57. The molecular weight excluding hydrogens is 312 g/mol. The van der Waals surface area contributed by atoms with Crippen molar-refractivity contribution in [3.05, 3.63) is 69.7 Å². The summed E-state index contributed by atoms with van der Waals surface area (Å²) < 4.78 is 22.4. The highest BCUT2D eigenvalue weighted by Crippen LogP contribution is 2.16. The highest BCUT2D eigenvalue weighted by atomic mass is 79.9. The van der Waals surface area contributed by atoms with Crippen molar-refractivity contribution in [2.45, 2.75) is 12.2 Å². The minimum absolute atomic E-state index is 0.0757. The summed E-state index contributed by atoms with van der Waals surface area (Å²) in [5.41, 5.74) is 3.15. The van der Waals surface area contributed by atoms with Crippen molar-refractivity contribution in [3.8, 4) is 0 Å². The van der Waals surface area contributed by atoms with Crippen molar-refractivity contribution < 1.29 is 8.76 Å². The van der Waals surface area contributed by atoms with E-state index in [-0.39, 0.29) is 5.75 Å². The van der Waals surface area contributed by atoms with E-state index in [4.69, 9.17) is 0 Å². The fourth-order valence-corrected chi connectivity index (χ4v) is 2.75. The molecule has 4 heteroatoms. The average molecular weight is 324 g/mol. The van der Waals surface area contributed by atoms with Gasteiger partial charge in [0.15, 0.2) is 0 Å². The molecule has 0 heterocycles. The number of hydrogen-bond donors (Lipinski definition) is 0.